The highest BCUT2D eigenvalue weighted by Crippen LogP contribution is 2.34. The Bertz CT molecular complexity index is 426. The first-order valence-electron chi connectivity index (χ1n) is 7.10. The van der Waals surface area contributed by atoms with E-state index in [-0.39, 0.29) is 16.7 Å². The van der Waals surface area contributed by atoms with Gasteiger partial charge in [0.25, 0.3) is 5.69 Å². The van der Waals surface area contributed by atoms with E-state index in [1.54, 1.807) is 12.1 Å². The zero-order chi connectivity index (χ0) is 13.8. The largest absolute Gasteiger partial charge is 0.307 e. The van der Waals surface area contributed by atoms with Crippen LogP contribution in [0.3, 0.4) is 0 Å². The summed E-state index contributed by atoms with van der Waals surface area (Å²) in [5, 5.41) is 14.3. The van der Waals surface area contributed by atoms with E-state index in [4.69, 9.17) is 0 Å². The number of rotatable bonds is 7. The Labute approximate surface area is 114 Å². The Morgan fingerprint density at radius 3 is 2.47 bits per heavy atom. The molecule has 0 amide bonds. The fraction of sp³-hybridized carbons (Fsp3) is 0.600. The van der Waals surface area contributed by atoms with Crippen molar-refractivity contribution in [3.63, 3.8) is 0 Å². The van der Waals surface area contributed by atoms with Crippen molar-refractivity contribution in [3.8, 4) is 0 Å². The predicted molar refractivity (Wildman–Crippen MR) is 76.1 cm³/mol. The lowest BCUT2D eigenvalue weighted by Crippen LogP contribution is -2.31. The standard InChI is InChI=1S/C15H22N2O2/c1-3-14(10-12-4-5-12)16-11(2)13-6-8-15(9-7-13)17(18)19/h6-9,11-12,14,16H,3-5,10H2,1-2H3. The molecule has 1 aromatic rings. The monoisotopic (exact) mass is 262 g/mol. The van der Waals surface area contributed by atoms with E-state index >= 15 is 0 Å². The lowest BCUT2D eigenvalue weighted by molar-refractivity contribution is -0.384. The molecule has 2 atom stereocenters. The van der Waals surface area contributed by atoms with Gasteiger partial charge < -0.3 is 5.32 Å². The summed E-state index contributed by atoms with van der Waals surface area (Å²) in [6, 6.07) is 7.64. The molecule has 0 saturated heterocycles. The van der Waals surface area contributed by atoms with Crippen LogP contribution in [0.1, 0.15) is 51.1 Å². The number of nitro groups is 1. The zero-order valence-electron chi connectivity index (χ0n) is 11.6. The molecule has 104 valence electrons. The number of non-ortho nitro benzene ring substituents is 1. The van der Waals surface area contributed by atoms with Crippen LogP contribution in [0.2, 0.25) is 0 Å². The molecule has 1 N–H and O–H groups in total. The normalized spacial score (nSPS) is 18.0. The first-order chi connectivity index (χ1) is 9.10. The highest BCUT2D eigenvalue weighted by atomic mass is 16.6. The first kappa shape index (κ1) is 14.0. The molecule has 0 aromatic heterocycles. The molecule has 1 fully saturated rings. The van der Waals surface area contributed by atoms with Crippen LogP contribution in [0.4, 0.5) is 5.69 Å². The van der Waals surface area contributed by atoms with Gasteiger partial charge in [0.15, 0.2) is 0 Å². The number of hydrogen-bond acceptors (Lipinski definition) is 3. The minimum absolute atomic E-state index is 0.154. The van der Waals surface area contributed by atoms with Gasteiger partial charge in [-0.15, -0.1) is 0 Å². The maximum atomic E-state index is 10.6. The molecule has 2 unspecified atom stereocenters. The predicted octanol–water partition coefficient (Wildman–Crippen LogP) is 3.82. The van der Waals surface area contributed by atoms with E-state index in [9.17, 15) is 10.1 Å². The summed E-state index contributed by atoms with van der Waals surface area (Å²) in [6.07, 6.45) is 5.15. The number of nitro benzene ring substituents is 1. The Morgan fingerprint density at radius 1 is 1.37 bits per heavy atom. The second-order valence-electron chi connectivity index (χ2n) is 5.52. The topological polar surface area (TPSA) is 55.2 Å². The molecule has 0 aliphatic heterocycles. The van der Waals surface area contributed by atoms with Gasteiger partial charge in [0.2, 0.25) is 0 Å². The quantitative estimate of drug-likeness (QED) is 0.600. The third-order valence-corrected chi connectivity index (χ3v) is 3.90. The molecule has 1 aliphatic rings. The Morgan fingerprint density at radius 2 is 2.00 bits per heavy atom. The van der Waals surface area contributed by atoms with Gasteiger partial charge in [0, 0.05) is 24.2 Å². The summed E-state index contributed by atoms with van der Waals surface area (Å²) in [5.74, 6) is 0.918. The zero-order valence-corrected chi connectivity index (χ0v) is 11.6. The summed E-state index contributed by atoms with van der Waals surface area (Å²) in [7, 11) is 0. The highest BCUT2D eigenvalue weighted by Gasteiger charge is 2.25. The number of nitrogens with one attached hydrogen (secondary N) is 1. The van der Waals surface area contributed by atoms with Crippen LogP contribution in [-0.2, 0) is 0 Å². The van der Waals surface area contributed by atoms with E-state index < -0.39 is 0 Å². The van der Waals surface area contributed by atoms with Gasteiger partial charge in [-0.1, -0.05) is 31.9 Å². The fourth-order valence-electron chi connectivity index (χ4n) is 2.44. The molecule has 0 radical (unpaired) electrons. The molecule has 1 saturated carbocycles. The van der Waals surface area contributed by atoms with Crippen molar-refractivity contribution in [1.29, 1.82) is 0 Å². The van der Waals surface area contributed by atoms with Crippen LogP contribution in [0.15, 0.2) is 24.3 Å². The maximum absolute atomic E-state index is 10.6. The molecular formula is C15H22N2O2. The smallest absolute Gasteiger partial charge is 0.269 e. The van der Waals surface area contributed by atoms with Crippen molar-refractivity contribution >= 4 is 5.69 Å². The van der Waals surface area contributed by atoms with Crippen molar-refractivity contribution in [3.05, 3.63) is 39.9 Å². The third-order valence-electron chi connectivity index (χ3n) is 3.90. The van der Waals surface area contributed by atoms with Gasteiger partial charge >= 0.3 is 0 Å². The van der Waals surface area contributed by atoms with Crippen molar-refractivity contribution < 1.29 is 4.92 Å². The molecule has 2 rings (SSSR count). The van der Waals surface area contributed by atoms with Crippen molar-refractivity contribution in [2.45, 2.75) is 51.6 Å². The van der Waals surface area contributed by atoms with Gasteiger partial charge in [-0.3, -0.25) is 10.1 Å². The summed E-state index contributed by atoms with van der Waals surface area (Å²) < 4.78 is 0. The maximum Gasteiger partial charge on any atom is 0.269 e. The Hall–Kier alpha value is -1.42. The summed E-state index contributed by atoms with van der Waals surface area (Å²) >= 11 is 0. The van der Waals surface area contributed by atoms with Crippen LogP contribution >= 0.6 is 0 Å². The highest BCUT2D eigenvalue weighted by molar-refractivity contribution is 5.34. The van der Waals surface area contributed by atoms with Gasteiger partial charge in [0.05, 0.1) is 4.92 Å². The molecule has 0 bridgehead atoms. The molecular weight excluding hydrogens is 240 g/mol. The SMILES string of the molecule is CCC(CC1CC1)NC(C)c1ccc([N+](=O)[O-])cc1. The van der Waals surface area contributed by atoms with Gasteiger partial charge in [-0.05, 0) is 31.2 Å². The van der Waals surface area contributed by atoms with E-state index in [0.717, 1.165) is 17.9 Å². The van der Waals surface area contributed by atoms with Crippen molar-refractivity contribution in [1.82, 2.24) is 5.32 Å². The Kier molecular flexibility index (Phi) is 4.53. The van der Waals surface area contributed by atoms with Crippen LogP contribution in [0.25, 0.3) is 0 Å². The van der Waals surface area contributed by atoms with Crippen molar-refractivity contribution in [2.75, 3.05) is 0 Å². The van der Waals surface area contributed by atoms with Crippen molar-refractivity contribution in [2.24, 2.45) is 5.92 Å². The van der Waals surface area contributed by atoms with E-state index in [0.29, 0.717) is 6.04 Å². The van der Waals surface area contributed by atoms with Gasteiger partial charge in [0.1, 0.15) is 0 Å². The Balaban J connectivity index is 1.93. The van der Waals surface area contributed by atoms with E-state index in [2.05, 4.69) is 19.2 Å². The van der Waals surface area contributed by atoms with E-state index in [1.807, 2.05) is 12.1 Å². The molecule has 19 heavy (non-hydrogen) atoms. The number of nitrogens with zero attached hydrogens (tertiary/aromatic N) is 1. The van der Waals surface area contributed by atoms with Gasteiger partial charge in [-0.2, -0.15) is 0 Å². The molecule has 4 nitrogen and oxygen atoms in total. The van der Waals surface area contributed by atoms with Crippen LogP contribution in [0, 0.1) is 16.0 Å². The van der Waals surface area contributed by atoms with Crippen LogP contribution in [0.5, 0.6) is 0 Å². The second-order valence-corrected chi connectivity index (χ2v) is 5.52. The lowest BCUT2D eigenvalue weighted by atomic mass is 10.0. The molecule has 1 aromatic carbocycles. The average molecular weight is 262 g/mol. The van der Waals surface area contributed by atoms with E-state index in [1.165, 1.54) is 19.3 Å². The summed E-state index contributed by atoms with van der Waals surface area (Å²) in [4.78, 5) is 10.3. The first-order valence-corrected chi connectivity index (χ1v) is 7.10. The summed E-state index contributed by atoms with van der Waals surface area (Å²) in [5.41, 5.74) is 1.26. The second kappa shape index (κ2) is 6.15. The minimum atomic E-state index is -0.357. The average Bonchev–Trinajstić information content (AvgIpc) is 3.22. The lowest BCUT2D eigenvalue weighted by Gasteiger charge is -2.22. The fourth-order valence-corrected chi connectivity index (χ4v) is 2.44. The molecule has 0 spiro atoms. The summed E-state index contributed by atoms with van der Waals surface area (Å²) in [6.45, 7) is 4.33. The van der Waals surface area contributed by atoms with Crippen LogP contribution < -0.4 is 5.32 Å². The number of hydrogen-bond donors (Lipinski definition) is 1. The number of benzene rings is 1. The third kappa shape index (κ3) is 4.03. The molecule has 4 heteroatoms. The molecule has 1 aliphatic carbocycles. The van der Waals surface area contributed by atoms with Gasteiger partial charge in [-0.25, -0.2) is 0 Å². The molecule has 0 heterocycles. The van der Waals surface area contributed by atoms with Crippen LogP contribution in [-0.4, -0.2) is 11.0 Å². The minimum Gasteiger partial charge on any atom is -0.307 e.